The standard InChI is InChI=1S/C22H26N6O3/c1-15-9-16(2)19-11-17(22(29)23-20(19)10-15)12-27(13-18-5-4-7-31-18)14-21-24-25-26-28(21)6-8-30-3/h4-5,7,9-11H,6,8,12-14H2,1-3H3,(H,23,29). The van der Waals surface area contributed by atoms with Gasteiger partial charge >= 0.3 is 0 Å². The number of pyridine rings is 1. The van der Waals surface area contributed by atoms with Crippen LogP contribution in [0.5, 0.6) is 0 Å². The molecule has 0 bridgehead atoms. The number of aromatic amines is 1. The highest BCUT2D eigenvalue weighted by Gasteiger charge is 2.17. The summed E-state index contributed by atoms with van der Waals surface area (Å²) in [6.45, 7) is 6.56. The number of tetrazole rings is 1. The molecule has 31 heavy (non-hydrogen) atoms. The smallest absolute Gasteiger partial charge is 0.252 e. The van der Waals surface area contributed by atoms with Crippen molar-refractivity contribution in [1.29, 1.82) is 0 Å². The number of fused-ring (bicyclic) bond motifs is 1. The lowest BCUT2D eigenvalue weighted by molar-refractivity contribution is 0.176. The summed E-state index contributed by atoms with van der Waals surface area (Å²) < 4.78 is 12.4. The molecule has 0 unspecified atom stereocenters. The van der Waals surface area contributed by atoms with Gasteiger partial charge in [0.25, 0.3) is 5.56 Å². The number of furan rings is 1. The van der Waals surface area contributed by atoms with Crippen molar-refractivity contribution in [2.75, 3.05) is 13.7 Å². The van der Waals surface area contributed by atoms with Gasteiger partial charge in [0, 0.05) is 30.1 Å². The first-order valence-corrected chi connectivity index (χ1v) is 10.2. The van der Waals surface area contributed by atoms with E-state index in [-0.39, 0.29) is 5.56 Å². The van der Waals surface area contributed by atoms with Crippen molar-refractivity contribution in [3.05, 3.63) is 75.2 Å². The van der Waals surface area contributed by atoms with Crippen molar-refractivity contribution < 1.29 is 9.15 Å². The van der Waals surface area contributed by atoms with E-state index >= 15 is 0 Å². The number of hydrogen-bond acceptors (Lipinski definition) is 7. The number of hydrogen-bond donors (Lipinski definition) is 1. The maximum Gasteiger partial charge on any atom is 0.252 e. The van der Waals surface area contributed by atoms with E-state index < -0.39 is 0 Å². The van der Waals surface area contributed by atoms with E-state index in [0.717, 1.165) is 27.8 Å². The summed E-state index contributed by atoms with van der Waals surface area (Å²) in [5, 5.41) is 13.1. The SMILES string of the molecule is COCCn1nnnc1CN(Cc1ccco1)Cc1cc2c(C)cc(C)cc2[nH]c1=O. The molecule has 0 amide bonds. The van der Waals surface area contributed by atoms with Gasteiger partial charge in [-0.25, -0.2) is 4.68 Å². The molecule has 162 valence electrons. The summed E-state index contributed by atoms with van der Waals surface area (Å²) in [6.07, 6.45) is 1.64. The molecule has 0 aliphatic heterocycles. The minimum atomic E-state index is -0.0964. The Kier molecular flexibility index (Phi) is 6.24. The molecule has 4 aromatic rings. The summed E-state index contributed by atoms with van der Waals surface area (Å²) in [6, 6.07) is 9.86. The number of H-pyrrole nitrogens is 1. The fourth-order valence-corrected chi connectivity index (χ4v) is 3.75. The van der Waals surface area contributed by atoms with Crippen LogP contribution in [0.2, 0.25) is 0 Å². The van der Waals surface area contributed by atoms with Gasteiger partial charge < -0.3 is 14.1 Å². The quantitative estimate of drug-likeness (QED) is 0.442. The molecular weight excluding hydrogens is 396 g/mol. The van der Waals surface area contributed by atoms with Crippen molar-refractivity contribution in [3.63, 3.8) is 0 Å². The Morgan fingerprint density at radius 3 is 2.84 bits per heavy atom. The van der Waals surface area contributed by atoms with Gasteiger partial charge in [-0.15, -0.1) is 5.10 Å². The summed E-state index contributed by atoms with van der Waals surface area (Å²) >= 11 is 0. The van der Waals surface area contributed by atoms with Gasteiger partial charge in [-0.1, -0.05) is 6.07 Å². The zero-order chi connectivity index (χ0) is 21.8. The van der Waals surface area contributed by atoms with Crippen LogP contribution in [0.3, 0.4) is 0 Å². The predicted molar refractivity (Wildman–Crippen MR) is 115 cm³/mol. The Labute approximate surface area is 179 Å². The van der Waals surface area contributed by atoms with Crippen LogP contribution >= 0.6 is 0 Å². The summed E-state index contributed by atoms with van der Waals surface area (Å²) in [5.41, 5.74) is 3.69. The molecule has 0 spiro atoms. The van der Waals surface area contributed by atoms with Crippen LogP contribution in [0.1, 0.15) is 28.3 Å². The van der Waals surface area contributed by atoms with E-state index in [1.165, 1.54) is 0 Å². The predicted octanol–water partition coefficient (Wildman–Crippen LogP) is 2.57. The van der Waals surface area contributed by atoms with Crippen LogP contribution < -0.4 is 5.56 Å². The lowest BCUT2D eigenvalue weighted by atomic mass is 10.0. The Balaban J connectivity index is 1.64. The highest BCUT2D eigenvalue weighted by Crippen LogP contribution is 2.20. The number of rotatable bonds is 9. The van der Waals surface area contributed by atoms with Crippen molar-refractivity contribution >= 4 is 10.9 Å². The normalized spacial score (nSPS) is 11.6. The van der Waals surface area contributed by atoms with E-state index in [1.54, 1.807) is 18.1 Å². The zero-order valence-electron chi connectivity index (χ0n) is 18.0. The Bertz CT molecular complexity index is 1210. The molecule has 3 heterocycles. The first-order chi connectivity index (χ1) is 15.0. The summed E-state index contributed by atoms with van der Waals surface area (Å²) in [5.74, 6) is 1.51. The lowest BCUT2D eigenvalue weighted by Crippen LogP contribution is -2.28. The average Bonchev–Trinajstić information content (AvgIpc) is 3.39. The molecule has 0 aliphatic rings. The molecule has 0 aliphatic carbocycles. The molecule has 1 N–H and O–H groups in total. The maximum absolute atomic E-state index is 12.8. The van der Waals surface area contributed by atoms with E-state index in [4.69, 9.17) is 9.15 Å². The topological polar surface area (TPSA) is 102 Å². The van der Waals surface area contributed by atoms with E-state index in [1.807, 2.05) is 31.2 Å². The van der Waals surface area contributed by atoms with E-state index in [9.17, 15) is 4.79 Å². The first-order valence-electron chi connectivity index (χ1n) is 10.2. The Morgan fingerprint density at radius 2 is 2.06 bits per heavy atom. The van der Waals surface area contributed by atoms with Crippen molar-refractivity contribution in [3.8, 4) is 0 Å². The van der Waals surface area contributed by atoms with Crippen molar-refractivity contribution in [2.45, 2.75) is 40.0 Å². The Morgan fingerprint density at radius 1 is 1.19 bits per heavy atom. The molecule has 1 aromatic carbocycles. The highest BCUT2D eigenvalue weighted by molar-refractivity contribution is 5.83. The number of ether oxygens (including phenoxy) is 1. The minimum Gasteiger partial charge on any atom is -0.468 e. The van der Waals surface area contributed by atoms with Gasteiger partial charge in [-0.3, -0.25) is 9.69 Å². The molecule has 0 saturated heterocycles. The van der Waals surface area contributed by atoms with Crippen LogP contribution in [-0.4, -0.2) is 43.8 Å². The second-order valence-electron chi connectivity index (χ2n) is 7.70. The minimum absolute atomic E-state index is 0.0964. The molecule has 9 nitrogen and oxygen atoms in total. The van der Waals surface area contributed by atoms with Crippen LogP contribution in [0.15, 0.2) is 45.8 Å². The molecule has 0 radical (unpaired) electrons. The number of nitrogens with zero attached hydrogens (tertiary/aromatic N) is 5. The average molecular weight is 422 g/mol. The van der Waals surface area contributed by atoms with Crippen LogP contribution in [0, 0.1) is 13.8 Å². The van der Waals surface area contributed by atoms with Crippen molar-refractivity contribution in [1.82, 2.24) is 30.1 Å². The maximum atomic E-state index is 12.8. The summed E-state index contributed by atoms with van der Waals surface area (Å²) in [7, 11) is 1.64. The van der Waals surface area contributed by atoms with Gasteiger partial charge in [0.2, 0.25) is 0 Å². The van der Waals surface area contributed by atoms with Gasteiger partial charge in [0.05, 0.1) is 32.5 Å². The van der Waals surface area contributed by atoms with E-state index in [2.05, 4.69) is 38.4 Å². The van der Waals surface area contributed by atoms with Gasteiger partial charge in [-0.2, -0.15) is 0 Å². The second-order valence-corrected chi connectivity index (χ2v) is 7.70. The molecule has 0 fully saturated rings. The molecule has 3 aromatic heterocycles. The molecule has 4 rings (SSSR count). The Hall–Kier alpha value is -3.30. The van der Waals surface area contributed by atoms with Crippen LogP contribution in [0.4, 0.5) is 0 Å². The first kappa shape index (κ1) is 21.0. The molecular formula is C22H26N6O3. The number of aromatic nitrogens is 5. The largest absolute Gasteiger partial charge is 0.468 e. The second kappa shape index (κ2) is 9.23. The third-order valence-corrected chi connectivity index (χ3v) is 5.22. The van der Waals surface area contributed by atoms with Crippen molar-refractivity contribution in [2.24, 2.45) is 0 Å². The van der Waals surface area contributed by atoms with Gasteiger partial charge in [0.15, 0.2) is 5.82 Å². The third kappa shape index (κ3) is 4.89. The number of aryl methyl sites for hydroxylation is 2. The lowest BCUT2D eigenvalue weighted by Gasteiger charge is -2.21. The third-order valence-electron chi connectivity index (χ3n) is 5.22. The fraction of sp³-hybridized carbons (Fsp3) is 0.364. The molecule has 9 heteroatoms. The monoisotopic (exact) mass is 422 g/mol. The zero-order valence-corrected chi connectivity index (χ0v) is 18.0. The highest BCUT2D eigenvalue weighted by atomic mass is 16.5. The molecule has 0 saturated carbocycles. The number of benzene rings is 1. The number of nitrogens with one attached hydrogen (secondary N) is 1. The molecule has 0 atom stereocenters. The van der Waals surface area contributed by atoms with E-state index in [0.29, 0.717) is 44.2 Å². The van der Waals surface area contributed by atoms with Crippen LogP contribution in [0.25, 0.3) is 10.9 Å². The number of methoxy groups -OCH3 is 1. The fourth-order valence-electron chi connectivity index (χ4n) is 3.75. The van der Waals surface area contributed by atoms with Crippen LogP contribution in [-0.2, 0) is 30.9 Å². The van der Waals surface area contributed by atoms with Gasteiger partial charge in [0.1, 0.15) is 5.76 Å². The van der Waals surface area contributed by atoms with Gasteiger partial charge in [-0.05, 0) is 59.7 Å². The summed E-state index contributed by atoms with van der Waals surface area (Å²) in [4.78, 5) is 18.0.